The highest BCUT2D eigenvalue weighted by molar-refractivity contribution is 7.89. The molecule has 0 aliphatic rings. The Morgan fingerprint density at radius 3 is 2.65 bits per heavy atom. The molecule has 1 rings (SSSR count). The van der Waals surface area contributed by atoms with Gasteiger partial charge < -0.3 is 10.6 Å². The zero-order valence-electron chi connectivity index (χ0n) is 12.7. The molecule has 3 N–H and O–H groups in total. The largest absolute Gasteiger partial charge is 0.399 e. The van der Waals surface area contributed by atoms with E-state index < -0.39 is 10.0 Å². The summed E-state index contributed by atoms with van der Waals surface area (Å²) in [6.45, 7) is 7.06. The third-order valence-electron chi connectivity index (χ3n) is 3.60. The van der Waals surface area contributed by atoms with Crippen molar-refractivity contribution < 1.29 is 8.42 Å². The van der Waals surface area contributed by atoms with Crippen LogP contribution in [0.25, 0.3) is 0 Å². The van der Waals surface area contributed by atoms with Crippen LogP contribution in [0.3, 0.4) is 0 Å². The summed E-state index contributed by atoms with van der Waals surface area (Å²) in [6, 6.07) is 5.35. The monoisotopic (exact) mass is 299 g/mol. The van der Waals surface area contributed by atoms with Crippen LogP contribution in [-0.4, -0.2) is 39.5 Å². The van der Waals surface area contributed by atoms with Crippen molar-refractivity contribution in [3.8, 4) is 0 Å². The molecular formula is C14H25N3O2S. The molecule has 114 valence electrons. The number of benzene rings is 1. The van der Waals surface area contributed by atoms with Crippen molar-refractivity contribution in [1.82, 2.24) is 9.62 Å². The molecule has 0 aliphatic carbocycles. The summed E-state index contributed by atoms with van der Waals surface area (Å²) in [6.07, 6.45) is 1.04. The molecule has 0 fully saturated rings. The SMILES string of the molecule is CCC(C)N(C)CCNS(=O)(=O)c1cc(N)ccc1C. The molecule has 20 heavy (non-hydrogen) atoms. The minimum atomic E-state index is -3.50. The Morgan fingerprint density at radius 1 is 1.40 bits per heavy atom. The van der Waals surface area contributed by atoms with Crippen LogP contribution in [-0.2, 0) is 10.0 Å². The van der Waals surface area contributed by atoms with E-state index in [4.69, 9.17) is 5.73 Å². The van der Waals surface area contributed by atoms with Crippen LogP contribution in [0.4, 0.5) is 5.69 Å². The number of aryl methyl sites for hydroxylation is 1. The number of hydrogen-bond donors (Lipinski definition) is 2. The Morgan fingerprint density at radius 2 is 2.05 bits per heavy atom. The average Bonchev–Trinajstić information content (AvgIpc) is 2.40. The second-order valence-electron chi connectivity index (χ2n) is 5.16. The van der Waals surface area contributed by atoms with Gasteiger partial charge in [-0.3, -0.25) is 0 Å². The first-order valence-electron chi connectivity index (χ1n) is 6.84. The summed E-state index contributed by atoms with van der Waals surface area (Å²) in [5.41, 5.74) is 6.81. The van der Waals surface area contributed by atoms with E-state index in [0.717, 1.165) is 6.42 Å². The minimum absolute atomic E-state index is 0.253. The Bertz CT molecular complexity index is 543. The lowest BCUT2D eigenvalue weighted by molar-refractivity contribution is 0.256. The van der Waals surface area contributed by atoms with Gasteiger partial charge >= 0.3 is 0 Å². The molecule has 1 aromatic carbocycles. The van der Waals surface area contributed by atoms with E-state index in [0.29, 0.717) is 30.4 Å². The Kier molecular flexibility index (Phi) is 5.98. The third kappa shape index (κ3) is 4.47. The van der Waals surface area contributed by atoms with Crippen molar-refractivity contribution in [3.63, 3.8) is 0 Å². The maximum absolute atomic E-state index is 12.2. The molecule has 0 saturated heterocycles. The lowest BCUT2D eigenvalue weighted by Crippen LogP contribution is -2.37. The average molecular weight is 299 g/mol. The summed E-state index contributed by atoms with van der Waals surface area (Å²) >= 11 is 0. The van der Waals surface area contributed by atoms with Crippen molar-refractivity contribution in [2.45, 2.75) is 38.1 Å². The van der Waals surface area contributed by atoms with Gasteiger partial charge in [-0.2, -0.15) is 0 Å². The molecule has 5 nitrogen and oxygen atoms in total. The highest BCUT2D eigenvalue weighted by Gasteiger charge is 2.17. The number of nitrogens with two attached hydrogens (primary N) is 1. The number of nitrogen functional groups attached to an aromatic ring is 1. The van der Waals surface area contributed by atoms with E-state index in [1.54, 1.807) is 19.1 Å². The highest BCUT2D eigenvalue weighted by Crippen LogP contribution is 2.17. The molecule has 0 spiro atoms. The van der Waals surface area contributed by atoms with Gasteiger partial charge in [0.15, 0.2) is 0 Å². The summed E-state index contributed by atoms with van der Waals surface area (Å²) in [5.74, 6) is 0. The first-order valence-corrected chi connectivity index (χ1v) is 8.32. The molecule has 0 radical (unpaired) electrons. The Balaban J connectivity index is 2.69. The predicted octanol–water partition coefficient (Wildman–Crippen LogP) is 1.59. The second kappa shape index (κ2) is 7.06. The minimum Gasteiger partial charge on any atom is -0.399 e. The van der Waals surface area contributed by atoms with E-state index in [-0.39, 0.29) is 4.90 Å². The lowest BCUT2D eigenvalue weighted by atomic mass is 10.2. The highest BCUT2D eigenvalue weighted by atomic mass is 32.2. The van der Waals surface area contributed by atoms with Crippen LogP contribution in [0.1, 0.15) is 25.8 Å². The fourth-order valence-corrected chi connectivity index (χ4v) is 3.17. The van der Waals surface area contributed by atoms with Crippen LogP contribution in [0.2, 0.25) is 0 Å². The molecule has 0 aliphatic heterocycles. The maximum atomic E-state index is 12.2. The van der Waals surface area contributed by atoms with Gasteiger partial charge in [-0.1, -0.05) is 13.0 Å². The zero-order chi connectivity index (χ0) is 15.3. The van der Waals surface area contributed by atoms with Crippen molar-refractivity contribution >= 4 is 15.7 Å². The molecule has 1 unspecified atom stereocenters. The number of sulfonamides is 1. The van der Waals surface area contributed by atoms with E-state index in [1.807, 2.05) is 7.05 Å². The number of nitrogens with zero attached hydrogens (tertiary/aromatic N) is 1. The van der Waals surface area contributed by atoms with Gasteiger partial charge in [0.05, 0.1) is 4.90 Å². The molecule has 6 heteroatoms. The quantitative estimate of drug-likeness (QED) is 0.750. The van der Waals surface area contributed by atoms with Gasteiger partial charge in [-0.25, -0.2) is 13.1 Å². The van der Waals surface area contributed by atoms with Crippen LogP contribution in [0.15, 0.2) is 23.1 Å². The number of anilines is 1. The van der Waals surface area contributed by atoms with Crippen molar-refractivity contribution in [2.75, 3.05) is 25.9 Å². The summed E-state index contributed by atoms with van der Waals surface area (Å²) in [5, 5.41) is 0. The molecule has 1 atom stereocenters. The third-order valence-corrected chi connectivity index (χ3v) is 5.20. The molecule has 1 aromatic rings. The van der Waals surface area contributed by atoms with E-state index in [9.17, 15) is 8.42 Å². The molecule has 0 saturated carbocycles. The summed E-state index contributed by atoms with van der Waals surface area (Å²) in [7, 11) is -1.50. The molecule has 0 heterocycles. The first kappa shape index (κ1) is 16.9. The van der Waals surface area contributed by atoms with Gasteiger partial charge in [-0.15, -0.1) is 0 Å². The molecule has 0 bridgehead atoms. The van der Waals surface area contributed by atoms with Crippen molar-refractivity contribution in [2.24, 2.45) is 0 Å². The van der Waals surface area contributed by atoms with Crippen molar-refractivity contribution in [3.05, 3.63) is 23.8 Å². The van der Waals surface area contributed by atoms with E-state index in [2.05, 4.69) is 23.5 Å². The standard InChI is InChI=1S/C14H25N3O2S/c1-5-12(3)17(4)9-8-16-20(18,19)14-10-13(15)7-6-11(14)2/h6-7,10,12,16H,5,8-9,15H2,1-4H3. The Labute approximate surface area is 122 Å². The normalized spacial score (nSPS) is 13.7. The van der Waals surface area contributed by atoms with Crippen molar-refractivity contribution in [1.29, 1.82) is 0 Å². The molecule has 0 amide bonds. The van der Waals surface area contributed by atoms with Gasteiger partial charge in [0.2, 0.25) is 10.0 Å². The van der Waals surface area contributed by atoms with Crippen LogP contribution >= 0.6 is 0 Å². The van der Waals surface area contributed by atoms with E-state index >= 15 is 0 Å². The van der Waals surface area contributed by atoms with Gasteiger partial charge in [0.1, 0.15) is 0 Å². The second-order valence-corrected chi connectivity index (χ2v) is 6.90. The fraction of sp³-hybridized carbons (Fsp3) is 0.571. The molecule has 0 aromatic heterocycles. The summed E-state index contributed by atoms with van der Waals surface area (Å²) in [4.78, 5) is 2.39. The zero-order valence-corrected chi connectivity index (χ0v) is 13.5. The van der Waals surface area contributed by atoms with Crippen LogP contribution < -0.4 is 10.5 Å². The van der Waals surface area contributed by atoms with E-state index in [1.165, 1.54) is 6.07 Å². The van der Waals surface area contributed by atoms with Crippen LogP contribution in [0, 0.1) is 6.92 Å². The van der Waals surface area contributed by atoms with Crippen LogP contribution in [0.5, 0.6) is 0 Å². The maximum Gasteiger partial charge on any atom is 0.240 e. The number of nitrogens with one attached hydrogen (secondary N) is 1. The first-order chi connectivity index (χ1) is 9.27. The lowest BCUT2D eigenvalue weighted by Gasteiger charge is -2.23. The van der Waals surface area contributed by atoms with Gasteiger partial charge in [0, 0.05) is 24.8 Å². The topological polar surface area (TPSA) is 75.4 Å². The number of rotatable bonds is 7. The molecular weight excluding hydrogens is 274 g/mol. The Hall–Kier alpha value is -1.11. The van der Waals surface area contributed by atoms with Gasteiger partial charge in [-0.05, 0) is 45.0 Å². The smallest absolute Gasteiger partial charge is 0.240 e. The summed E-state index contributed by atoms with van der Waals surface area (Å²) < 4.78 is 27.1. The fourth-order valence-electron chi connectivity index (χ4n) is 1.87. The number of likely N-dealkylation sites (N-methyl/N-ethyl adjacent to an activating group) is 1. The predicted molar refractivity (Wildman–Crippen MR) is 83.2 cm³/mol. The number of hydrogen-bond acceptors (Lipinski definition) is 4. The van der Waals surface area contributed by atoms with Gasteiger partial charge in [0.25, 0.3) is 0 Å².